The SMILES string of the molecule is CCCNCc1cnc(C)cc1OC(C)c1ccccc1. The first-order valence-corrected chi connectivity index (χ1v) is 7.58. The molecular weight excluding hydrogens is 260 g/mol. The van der Waals surface area contributed by atoms with E-state index in [4.69, 9.17) is 4.74 Å². The number of aryl methyl sites for hydroxylation is 1. The molecule has 1 unspecified atom stereocenters. The molecule has 2 aromatic rings. The first-order chi connectivity index (χ1) is 10.2. The number of ether oxygens (including phenoxy) is 1. The zero-order valence-electron chi connectivity index (χ0n) is 13.1. The Balaban J connectivity index is 2.12. The van der Waals surface area contributed by atoms with Crippen molar-refractivity contribution < 1.29 is 4.74 Å². The molecule has 0 spiro atoms. The summed E-state index contributed by atoms with van der Waals surface area (Å²) in [5.74, 6) is 0.919. The smallest absolute Gasteiger partial charge is 0.128 e. The topological polar surface area (TPSA) is 34.2 Å². The third-order valence-electron chi connectivity index (χ3n) is 3.40. The lowest BCUT2D eigenvalue weighted by atomic mass is 10.1. The zero-order valence-corrected chi connectivity index (χ0v) is 13.1. The van der Waals surface area contributed by atoms with Crippen LogP contribution in [0.25, 0.3) is 0 Å². The molecular formula is C18H24N2O. The maximum atomic E-state index is 6.16. The highest BCUT2D eigenvalue weighted by atomic mass is 16.5. The van der Waals surface area contributed by atoms with Gasteiger partial charge in [0.15, 0.2) is 0 Å². The van der Waals surface area contributed by atoms with Gasteiger partial charge >= 0.3 is 0 Å². The Morgan fingerprint density at radius 2 is 2.00 bits per heavy atom. The van der Waals surface area contributed by atoms with E-state index in [1.54, 1.807) is 0 Å². The molecule has 0 bridgehead atoms. The van der Waals surface area contributed by atoms with Crippen molar-refractivity contribution in [3.63, 3.8) is 0 Å². The molecule has 112 valence electrons. The number of pyridine rings is 1. The first kappa shape index (κ1) is 15.5. The van der Waals surface area contributed by atoms with Gasteiger partial charge in [-0.2, -0.15) is 0 Å². The first-order valence-electron chi connectivity index (χ1n) is 7.58. The van der Waals surface area contributed by atoms with Crippen LogP contribution in [0.3, 0.4) is 0 Å². The number of nitrogens with zero attached hydrogens (tertiary/aromatic N) is 1. The fraction of sp³-hybridized carbons (Fsp3) is 0.389. The largest absolute Gasteiger partial charge is 0.486 e. The molecule has 0 aliphatic heterocycles. The van der Waals surface area contributed by atoms with Crippen molar-refractivity contribution >= 4 is 0 Å². The number of aromatic nitrogens is 1. The summed E-state index contributed by atoms with van der Waals surface area (Å²) in [5.41, 5.74) is 3.26. The van der Waals surface area contributed by atoms with Crippen LogP contribution in [-0.4, -0.2) is 11.5 Å². The molecule has 0 radical (unpaired) electrons. The molecule has 0 amide bonds. The Hall–Kier alpha value is -1.87. The third-order valence-corrected chi connectivity index (χ3v) is 3.40. The van der Waals surface area contributed by atoms with Gasteiger partial charge in [0.25, 0.3) is 0 Å². The maximum absolute atomic E-state index is 6.16. The molecule has 1 heterocycles. The summed E-state index contributed by atoms with van der Waals surface area (Å²) in [6, 6.07) is 12.3. The van der Waals surface area contributed by atoms with Gasteiger partial charge in [0.2, 0.25) is 0 Å². The van der Waals surface area contributed by atoms with E-state index in [-0.39, 0.29) is 6.10 Å². The zero-order chi connectivity index (χ0) is 15.1. The van der Waals surface area contributed by atoms with Crippen molar-refractivity contribution in [2.24, 2.45) is 0 Å². The van der Waals surface area contributed by atoms with Crippen molar-refractivity contribution in [2.75, 3.05) is 6.54 Å². The van der Waals surface area contributed by atoms with Crippen LogP contribution in [0.4, 0.5) is 0 Å². The Morgan fingerprint density at radius 1 is 1.24 bits per heavy atom. The molecule has 1 N–H and O–H groups in total. The second-order valence-electron chi connectivity index (χ2n) is 5.28. The summed E-state index contributed by atoms with van der Waals surface area (Å²) < 4.78 is 6.16. The predicted octanol–water partition coefficient (Wildman–Crippen LogP) is 4.03. The summed E-state index contributed by atoms with van der Waals surface area (Å²) in [6.45, 7) is 8.02. The van der Waals surface area contributed by atoms with Crippen LogP contribution < -0.4 is 10.1 Å². The van der Waals surface area contributed by atoms with Gasteiger partial charge in [-0.1, -0.05) is 37.3 Å². The number of rotatable bonds is 7. The van der Waals surface area contributed by atoms with Gasteiger partial charge in [-0.15, -0.1) is 0 Å². The molecule has 1 aromatic heterocycles. The average Bonchev–Trinajstić information content (AvgIpc) is 2.50. The molecule has 0 saturated carbocycles. The Kier molecular flexibility index (Phi) is 5.76. The number of hydrogen-bond acceptors (Lipinski definition) is 3. The van der Waals surface area contributed by atoms with Crippen molar-refractivity contribution in [2.45, 2.75) is 39.8 Å². The monoisotopic (exact) mass is 284 g/mol. The fourth-order valence-electron chi connectivity index (χ4n) is 2.19. The molecule has 0 aliphatic carbocycles. The highest BCUT2D eigenvalue weighted by Gasteiger charge is 2.11. The van der Waals surface area contributed by atoms with Crippen molar-refractivity contribution in [1.29, 1.82) is 0 Å². The van der Waals surface area contributed by atoms with Crippen LogP contribution in [-0.2, 0) is 6.54 Å². The predicted molar refractivity (Wildman–Crippen MR) is 86.5 cm³/mol. The lowest BCUT2D eigenvalue weighted by molar-refractivity contribution is 0.223. The number of benzene rings is 1. The average molecular weight is 284 g/mol. The van der Waals surface area contributed by atoms with E-state index >= 15 is 0 Å². The molecule has 3 nitrogen and oxygen atoms in total. The molecule has 1 aromatic carbocycles. The molecule has 0 fully saturated rings. The summed E-state index contributed by atoms with van der Waals surface area (Å²) in [6.07, 6.45) is 3.05. The molecule has 21 heavy (non-hydrogen) atoms. The minimum Gasteiger partial charge on any atom is -0.486 e. The molecule has 2 rings (SSSR count). The van der Waals surface area contributed by atoms with E-state index in [0.717, 1.165) is 36.5 Å². The highest BCUT2D eigenvalue weighted by molar-refractivity contribution is 5.33. The van der Waals surface area contributed by atoms with Crippen LogP contribution >= 0.6 is 0 Å². The van der Waals surface area contributed by atoms with Crippen LogP contribution in [0.1, 0.15) is 43.2 Å². The Labute approximate surface area is 127 Å². The van der Waals surface area contributed by atoms with Crippen LogP contribution in [0.15, 0.2) is 42.6 Å². The molecule has 0 saturated heterocycles. The van der Waals surface area contributed by atoms with Crippen LogP contribution in [0.2, 0.25) is 0 Å². The lowest BCUT2D eigenvalue weighted by Crippen LogP contribution is -2.15. The van der Waals surface area contributed by atoms with Crippen LogP contribution in [0, 0.1) is 6.92 Å². The minimum absolute atomic E-state index is 0.0259. The van der Waals surface area contributed by atoms with Crippen molar-refractivity contribution in [3.05, 3.63) is 59.4 Å². The quantitative estimate of drug-likeness (QED) is 0.779. The summed E-state index contributed by atoms with van der Waals surface area (Å²) in [7, 11) is 0. The number of nitrogens with one attached hydrogen (secondary N) is 1. The normalized spacial score (nSPS) is 12.1. The molecule has 3 heteroatoms. The minimum atomic E-state index is 0.0259. The highest BCUT2D eigenvalue weighted by Crippen LogP contribution is 2.25. The van der Waals surface area contributed by atoms with Crippen molar-refractivity contribution in [1.82, 2.24) is 10.3 Å². The summed E-state index contributed by atoms with van der Waals surface area (Å²) >= 11 is 0. The van der Waals surface area contributed by atoms with E-state index in [1.165, 1.54) is 5.56 Å². The Morgan fingerprint density at radius 3 is 2.71 bits per heavy atom. The Bertz CT molecular complexity index is 554. The fourth-order valence-corrected chi connectivity index (χ4v) is 2.19. The van der Waals surface area contributed by atoms with E-state index in [2.05, 4.69) is 36.3 Å². The van der Waals surface area contributed by atoms with Gasteiger partial charge in [0, 0.05) is 30.1 Å². The van der Waals surface area contributed by atoms with Gasteiger partial charge in [-0.3, -0.25) is 4.98 Å². The molecule has 1 atom stereocenters. The van der Waals surface area contributed by atoms with E-state index < -0.39 is 0 Å². The lowest BCUT2D eigenvalue weighted by Gasteiger charge is -2.18. The van der Waals surface area contributed by atoms with Gasteiger partial charge < -0.3 is 10.1 Å². The summed E-state index contributed by atoms with van der Waals surface area (Å²) in [5, 5.41) is 3.40. The van der Waals surface area contributed by atoms with Crippen molar-refractivity contribution in [3.8, 4) is 5.75 Å². The van der Waals surface area contributed by atoms with E-state index in [0.29, 0.717) is 0 Å². The van der Waals surface area contributed by atoms with E-state index in [9.17, 15) is 0 Å². The maximum Gasteiger partial charge on any atom is 0.128 e. The van der Waals surface area contributed by atoms with Gasteiger partial charge in [0.1, 0.15) is 11.9 Å². The third kappa shape index (κ3) is 4.57. The van der Waals surface area contributed by atoms with Gasteiger partial charge in [-0.25, -0.2) is 0 Å². The summed E-state index contributed by atoms with van der Waals surface area (Å²) in [4.78, 5) is 4.38. The van der Waals surface area contributed by atoms with Crippen LogP contribution in [0.5, 0.6) is 5.75 Å². The standard InChI is InChI=1S/C18H24N2O/c1-4-10-19-12-17-13-20-14(2)11-18(17)21-15(3)16-8-6-5-7-9-16/h5-9,11,13,15,19H,4,10,12H2,1-3H3. The second-order valence-corrected chi connectivity index (χ2v) is 5.28. The second kappa shape index (κ2) is 7.79. The van der Waals surface area contributed by atoms with Gasteiger partial charge in [-0.05, 0) is 32.4 Å². The molecule has 0 aliphatic rings. The van der Waals surface area contributed by atoms with E-state index in [1.807, 2.05) is 37.4 Å². The number of hydrogen-bond donors (Lipinski definition) is 1. The van der Waals surface area contributed by atoms with Gasteiger partial charge in [0.05, 0.1) is 0 Å².